The minimum Gasteiger partial charge on any atom is -0.396 e. The molecule has 2 fully saturated rings. The number of alkyl halides is 1. The molecule has 5 heterocycles. The summed E-state index contributed by atoms with van der Waals surface area (Å²) in [5.74, 6) is 0.851. The van der Waals surface area contributed by atoms with Crippen molar-refractivity contribution >= 4 is 72.4 Å². The number of nitrogens with one attached hydrogen (secondary N) is 2. The third-order valence-electron chi connectivity index (χ3n) is 6.98. The van der Waals surface area contributed by atoms with Crippen LogP contribution in [0, 0.1) is 0 Å². The number of nitrogens with zero attached hydrogens (tertiary/aromatic N) is 7. The minimum absolute atomic E-state index is 0.175. The van der Waals surface area contributed by atoms with Gasteiger partial charge in [0.25, 0.3) is 10.0 Å². The Kier molecular flexibility index (Phi) is 8.79. The molecule has 12 nitrogen and oxygen atoms in total. The second-order valence-corrected chi connectivity index (χ2v) is 12.5. The van der Waals surface area contributed by atoms with Gasteiger partial charge in [-0.3, -0.25) is 4.72 Å². The Morgan fingerprint density at radius 3 is 2.46 bits per heavy atom. The van der Waals surface area contributed by atoms with E-state index in [4.69, 9.17) is 0 Å². The molecule has 1 aromatic carbocycles. The Bertz CT molecular complexity index is 1590. The number of aryl methyl sites for hydroxylation is 1. The van der Waals surface area contributed by atoms with E-state index in [1.165, 1.54) is 11.3 Å². The zero-order chi connectivity index (χ0) is 29.0. The lowest BCUT2D eigenvalue weighted by molar-refractivity contribution is 0.364. The van der Waals surface area contributed by atoms with Gasteiger partial charge in [0, 0.05) is 51.2 Å². The first-order chi connectivity index (χ1) is 19.8. The number of rotatable bonds is 7. The molecule has 41 heavy (non-hydrogen) atoms. The van der Waals surface area contributed by atoms with Crippen LogP contribution in [0.15, 0.2) is 41.7 Å². The van der Waals surface area contributed by atoms with Crippen LogP contribution in [-0.4, -0.2) is 84.5 Å². The van der Waals surface area contributed by atoms with Gasteiger partial charge in [-0.2, -0.15) is 0 Å². The van der Waals surface area contributed by atoms with Crippen molar-refractivity contribution in [3.63, 3.8) is 0 Å². The highest BCUT2D eigenvalue weighted by molar-refractivity contribution is 7.93. The summed E-state index contributed by atoms with van der Waals surface area (Å²) in [6, 6.07) is 6.88. The normalized spacial score (nSPS) is 17.4. The fraction of sp³-hybridized carbons (Fsp3) is 0.400. The number of nitrogens with two attached hydrogens (primary N) is 1. The van der Waals surface area contributed by atoms with E-state index < -0.39 is 16.2 Å². The molecular weight excluding hydrogens is 588 g/mol. The quantitative estimate of drug-likeness (QED) is 0.263. The maximum Gasteiger partial charge on any atom is 0.263 e. The van der Waals surface area contributed by atoms with Gasteiger partial charge in [0.15, 0.2) is 0 Å². The summed E-state index contributed by atoms with van der Waals surface area (Å²) in [5.41, 5.74) is 8.27. The van der Waals surface area contributed by atoms with E-state index in [0.29, 0.717) is 25.9 Å². The van der Waals surface area contributed by atoms with Crippen molar-refractivity contribution in [1.82, 2.24) is 25.1 Å². The molecule has 0 amide bonds. The average molecular weight is 619 g/mol. The maximum atomic E-state index is 13.9. The Morgan fingerprint density at radius 1 is 1.12 bits per heavy atom. The summed E-state index contributed by atoms with van der Waals surface area (Å²) in [6.45, 7) is 5.98. The Morgan fingerprint density at radius 2 is 1.83 bits per heavy atom. The fourth-order valence-corrected chi connectivity index (χ4v) is 6.89. The number of H-pyrrole nitrogens is 1. The number of hydrogen-bond donors (Lipinski definition) is 3. The number of thiocarbonyl (C=S) groups is 1. The highest BCUT2D eigenvalue weighted by Gasteiger charge is 2.28. The Labute approximate surface area is 246 Å². The molecule has 4 aromatic rings. The fourth-order valence-electron chi connectivity index (χ4n) is 4.98. The molecule has 218 valence electrons. The second kappa shape index (κ2) is 12.5. The smallest absolute Gasteiger partial charge is 0.263 e. The van der Waals surface area contributed by atoms with Crippen molar-refractivity contribution in [1.29, 1.82) is 0 Å². The van der Waals surface area contributed by atoms with Crippen LogP contribution in [0.3, 0.4) is 0 Å². The molecule has 2 aliphatic heterocycles. The lowest BCUT2D eigenvalue weighted by Gasteiger charge is -2.37. The predicted molar refractivity (Wildman–Crippen MR) is 164 cm³/mol. The number of aromatic amines is 1. The van der Waals surface area contributed by atoms with Crippen molar-refractivity contribution in [3.05, 3.63) is 41.8 Å². The molecule has 0 bridgehead atoms. The van der Waals surface area contributed by atoms with E-state index in [1.807, 2.05) is 25.3 Å². The molecule has 2 aliphatic rings. The third-order valence-corrected chi connectivity index (χ3v) is 9.45. The highest BCUT2D eigenvalue weighted by Crippen LogP contribution is 2.35. The van der Waals surface area contributed by atoms with Crippen molar-refractivity contribution in [2.45, 2.75) is 30.8 Å². The monoisotopic (exact) mass is 618 g/mol. The van der Waals surface area contributed by atoms with Gasteiger partial charge in [-0.15, -0.1) is 10.2 Å². The van der Waals surface area contributed by atoms with Gasteiger partial charge in [-0.05, 0) is 37.1 Å². The van der Waals surface area contributed by atoms with E-state index in [1.54, 1.807) is 18.5 Å². The molecule has 0 spiro atoms. The Balaban J connectivity index is 0.00000108. The molecule has 1 unspecified atom stereocenters. The lowest BCUT2D eigenvalue weighted by atomic mass is 10.2. The van der Waals surface area contributed by atoms with Crippen molar-refractivity contribution < 1.29 is 12.8 Å². The summed E-state index contributed by atoms with van der Waals surface area (Å²) < 4.78 is 42.0. The first-order valence-corrected chi connectivity index (χ1v) is 15.9. The van der Waals surface area contributed by atoms with Gasteiger partial charge < -0.3 is 25.4 Å². The molecule has 4 N–H and O–H groups in total. The summed E-state index contributed by atoms with van der Waals surface area (Å²) in [5, 5.41) is 9.83. The molecule has 16 heteroatoms. The largest absolute Gasteiger partial charge is 0.396 e. The van der Waals surface area contributed by atoms with Gasteiger partial charge in [-0.25, -0.2) is 22.8 Å². The predicted octanol–water partition coefficient (Wildman–Crippen LogP) is 2.95. The van der Waals surface area contributed by atoms with Gasteiger partial charge in [0.1, 0.15) is 29.0 Å². The number of aromatic nitrogens is 5. The number of anilines is 4. The molecule has 0 radical (unpaired) electrons. The minimum atomic E-state index is -3.74. The van der Waals surface area contributed by atoms with Gasteiger partial charge in [-0.1, -0.05) is 30.5 Å². The SMILES string of the molecule is CCc1nnc(NS(=O)(=O)c2ccc(N3CCN(c4ncnc5[nH]cc(N6CCC(F)C6)c45)CC3)cc2)s1.NC=S. The summed E-state index contributed by atoms with van der Waals surface area (Å²) in [7, 11) is -3.74. The zero-order valence-corrected chi connectivity index (χ0v) is 24.9. The number of hydrogen-bond acceptors (Lipinski definition) is 11. The Hall–Kier alpha value is -3.63. The molecule has 1 atom stereocenters. The van der Waals surface area contributed by atoms with Crippen LogP contribution >= 0.6 is 23.6 Å². The molecule has 6 rings (SSSR count). The first kappa shape index (κ1) is 28.9. The molecule has 0 aliphatic carbocycles. The molecule has 2 saturated heterocycles. The van der Waals surface area contributed by atoms with E-state index >= 15 is 0 Å². The van der Waals surface area contributed by atoms with Crippen LogP contribution in [0.4, 0.5) is 26.7 Å². The first-order valence-electron chi connectivity index (χ1n) is 13.1. The highest BCUT2D eigenvalue weighted by atomic mass is 32.2. The van der Waals surface area contributed by atoms with Crippen molar-refractivity contribution in [2.24, 2.45) is 5.73 Å². The second-order valence-electron chi connectivity index (χ2n) is 9.49. The number of benzene rings is 1. The lowest BCUT2D eigenvalue weighted by Crippen LogP contribution is -2.47. The van der Waals surface area contributed by atoms with Crippen LogP contribution in [0.2, 0.25) is 0 Å². The zero-order valence-electron chi connectivity index (χ0n) is 22.4. The summed E-state index contributed by atoms with van der Waals surface area (Å²) in [4.78, 5) is 18.9. The molecular formula is C25H31FN10O2S3. The van der Waals surface area contributed by atoms with Crippen LogP contribution < -0.4 is 25.2 Å². The van der Waals surface area contributed by atoms with E-state index in [-0.39, 0.29) is 10.0 Å². The topological polar surface area (TPSA) is 149 Å². The summed E-state index contributed by atoms with van der Waals surface area (Å²) >= 11 is 5.28. The van der Waals surface area contributed by atoms with E-state index in [9.17, 15) is 12.8 Å². The molecule has 0 saturated carbocycles. The van der Waals surface area contributed by atoms with Crippen LogP contribution in [0.5, 0.6) is 0 Å². The summed E-state index contributed by atoms with van der Waals surface area (Å²) in [6.07, 6.45) is 3.88. The van der Waals surface area contributed by atoms with E-state index in [0.717, 1.165) is 64.9 Å². The van der Waals surface area contributed by atoms with Crippen LogP contribution in [0.25, 0.3) is 11.0 Å². The number of fused-ring (bicyclic) bond motifs is 1. The van der Waals surface area contributed by atoms with Crippen molar-refractivity contribution in [2.75, 3.05) is 58.7 Å². The number of piperazine rings is 1. The average Bonchev–Trinajstić information content (AvgIpc) is 3.73. The van der Waals surface area contributed by atoms with E-state index in [2.05, 4.69) is 62.5 Å². The third kappa shape index (κ3) is 6.33. The van der Waals surface area contributed by atoms with Gasteiger partial charge in [0.2, 0.25) is 5.13 Å². The standard InChI is InChI=1S/C24H28FN9O2S2.CH3NS/c1-2-20-29-30-24(37-20)31-38(35,36)18-5-3-17(4-6-18)32-9-11-33(12-10-32)23-21-19(34-8-7-16(25)14-34)13-26-22(21)27-15-28-23;2-1-3/h3-6,13,15-16H,2,7-12,14H2,1H3,(H,30,31)(H,26,27,28);1H,(H2,2,3). The van der Waals surface area contributed by atoms with Crippen molar-refractivity contribution in [3.8, 4) is 0 Å². The molecule has 3 aromatic heterocycles. The van der Waals surface area contributed by atoms with Gasteiger partial charge >= 0.3 is 0 Å². The number of sulfonamides is 1. The maximum absolute atomic E-state index is 13.9. The van der Waals surface area contributed by atoms with Crippen LogP contribution in [0.1, 0.15) is 18.4 Å². The van der Waals surface area contributed by atoms with Gasteiger partial charge in [0.05, 0.1) is 21.5 Å². The number of halogens is 1. The van der Waals surface area contributed by atoms with Crippen LogP contribution in [-0.2, 0) is 16.4 Å².